The van der Waals surface area contributed by atoms with Crippen LogP contribution in [0.4, 0.5) is 0 Å². The van der Waals surface area contributed by atoms with Crippen LogP contribution in [0.5, 0.6) is 0 Å². The smallest absolute Gasteiger partial charge is 0.260 e. The first-order chi connectivity index (χ1) is 16.9. The molecule has 1 radical (unpaired) electrons. The van der Waals surface area contributed by atoms with Crippen LogP contribution >= 0.6 is 11.6 Å². The lowest BCUT2D eigenvalue weighted by molar-refractivity contribution is -0.133. The normalized spacial score (nSPS) is 18.8. The largest absolute Gasteiger partial charge is 0.366 e. The second-order valence-electron chi connectivity index (χ2n) is 10.1. The highest BCUT2D eigenvalue weighted by molar-refractivity contribution is 6.33. The predicted octanol–water partition coefficient (Wildman–Crippen LogP) is 4.47. The molecule has 2 atom stereocenters. The number of carbonyl (C=O) groups is 2. The number of guanidine groups is 1. The van der Waals surface area contributed by atoms with Crippen LogP contribution in [0, 0.1) is 17.7 Å². The summed E-state index contributed by atoms with van der Waals surface area (Å²) in [7, 11) is 0. The molecule has 4 N–H and O–H groups in total. The Labute approximate surface area is 215 Å². The van der Waals surface area contributed by atoms with Gasteiger partial charge in [0.05, 0.1) is 28.5 Å². The van der Waals surface area contributed by atoms with E-state index in [2.05, 4.69) is 22.2 Å². The maximum absolute atomic E-state index is 14.1. The van der Waals surface area contributed by atoms with Crippen LogP contribution in [-0.2, 0) is 10.3 Å². The fourth-order valence-electron chi connectivity index (χ4n) is 4.60. The van der Waals surface area contributed by atoms with Crippen molar-refractivity contribution in [2.24, 2.45) is 11.1 Å². The molecule has 4 rings (SSSR count). The van der Waals surface area contributed by atoms with Gasteiger partial charge in [-0.15, -0.1) is 0 Å². The minimum absolute atomic E-state index is 0.0715. The van der Waals surface area contributed by atoms with Crippen LogP contribution in [0.25, 0.3) is 11.3 Å². The Hall–Kier alpha value is -3.78. The summed E-state index contributed by atoms with van der Waals surface area (Å²) in [6, 6.07) is 11.5. The SMILES string of the molecule is [CH2][C@@H](c1ccc(Cl)c(C(N)=O)c1)N1C(=N)N[C@](CC(C)(C)C)(c2ccc(-c3cnccn3)cc2)C1=O. The zero-order chi connectivity index (χ0) is 26.3. The van der Waals surface area contributed by atoms with Crippen LogP contribution in [0.1, 0.15) is 54.7 Å². The third kappa shape index (κ3) is 4.68. The second kappa shape index (κ2) is 9.35. The molecule has 2 aromatic carbocycles. The molecule has 0 bridgehead atoms. The lowest BCUT2D eigenvalue weighted by Gasteiger charge is -2.34. The van der Waals surface area contributed by atoms with E-state index in [4.69, 9.17) is 22.7 Å². The first kappa shape index (κ1) is 25.3. The van der Waals surface area contributed by atoms with Gasteiger partial charge in [0.1, 0.15) is 5.54 Å². The molecule has 2 heterocycles. The number of carbonyl (C=O) groups excluding carboxylic acids is 2. The van der Waals surface area contributed by atoms with Crippen molar-refractivity contribution < 1.29 is 9.59 Å². The van der Waals surface area contributed by atoms with Gasteiger partial charge in [-0.3, -0.25) is 29.9 Å². The Bertz CT molecular complexity index is 1320. The summed E-state index contributed by atoms with van der Waals surface area (Å²) in [5.74, 6) is -1.05. The fourth-order valence-corrected chi connectivity index (χ4v) is 4.81. The zero-order valence-electron chi connectivity index (χ0n) is 20.4. The number of hydrogen-bond donors (Lipinski definition) is 3. The van der Waals surface area contributed by atoms with E-state index in [0.717, 1.165) is 16.8 Å². The number of hydrogen-bond acceptors (Lipinski definition) is 5. The highest BCUT2D eigenvalue weighted by atomic mass is 35.5. The molecule has 0 saturated carbocycles. The van der Waals surface area contributed by atoms with E-state index >= 15 is 0 Å². The molecule has 2 amide bonds. The number of nitrogens with one attached hydrogen (secondary N) is 2. The molecule has 0 unspecified atom stereocenters. The third-order valence-corrected chi connectivity index (χ3v) is 6.47. The van der Waals surface area contributed by atoms with Gasteiger partial charge in [0.15, 0.2) is 5.96 Å². The number of benzene rings is 2. The Morgan fingerprint density at radius 1 is 1.22 bits per heavy atom. The number of aromatic nitrogens is 2. The van der Waals surface area contributed by atoms with Gasteiger partial charge in [0.25, 0.3) is 5.91 Å². The highest BCUT2D eigenvalue weighted by Crippen LogP contribution is 2.42. The number of nitrogens with zero attached hydrogens (tertiary/aromatic N) is 3. The first-order valence-electron chi connectivity index (χ1n) is 11.4. The maximum Gasteiger partial charge on any atom is 0.260 e. The minimum atomic E-state index is -1.18. The number of nitrogens with two attached hydrogens (primary N) is 1. The van der Waals surface area contributed by atoms with Crippen LogP contribution in [0.3, 0.4) is 0 Å². The number of rotatable bonds is 6. The molecule has 0 spiro atoms. The third-order valence-electron chi connectivity index (χ3n) is 6.14. The minimum Gasteiger partial charge on any atom is -0.366 e. The van der Waals surface area contributed by atoms with E-state index in [1.807, 2.05) is 45.0 Å². The van der Waals surface area contributed by atoms with Crippen molar-refractivity contribution in [2.45, 2.75) is 38.8 Å². The monoisotopic (exact) mass is 503 g/mol. The lowest BCUT2D eigenvalue weighted by Crippen LogP contribution is -2.47. The first-order valence-corrected chi connectivity index (χ1v) is 11.8. The molecule has 1 saturated heterocycles. The lowest BCUT2D eigenvalue weighted by atomic mass is 9.75. The quantitative estimate of drug-likeness (QED) is 0.457. The maximum atomic E-state index is 14.1. The summed E-state index contributed by atoms with van der Waals surface area (Å²) >= 11 is 6.10. The zero-order valence-corrected chi connectivity index (χ0v) is 21.1. The van der Waals surface area contributed by atoms with E-state index < -0.39 is 17.5 Å². The van der Waals surface area contributed by atoms with E-state index in [1.54, 1.807) is 30.7 Å². The number of halogens is 1. The summed E-state index contributed by atoms with van der Waals surface area (Å²) < 4.78 is 0. The standard InChI is InChI=1S/C27H28ClN6O2/c1-16(18-7-10-21(28)20(13-18)23(29)35)34-24(36)27(33-25(34)30,15-26(2,3)4)19-8-5-17(6-9-19)22-14-31-11-12-32-22/h5-14,16H,1,15H2,2-4H3,(H2,29,35)(H2,30,33)/t16-,27+/m0/s1. The van der Waals surface area contributed by atoms with Crippen molar-refractivity contribution in [3.8, 4) is 11.3 Å². The van der Waals surface area contributed by atoms with E-state index in [1.165, 1.54) is 11.0 Å². The van der Waals surface area contributed by atoms with Crippen molar-refractivity contribution in [1.82, 2.24) is 20.2 Å². The molecule has 0 aliphatic carbocycles. The molecule has 3 aromatic rings. The Balaban J connectivity index is 1.74. The van der Waals surface area contributed by atoms with Crippen molar-refractivity contribution in [3.05, 3.63) is 89.7 Å². The predicted molar refractivity (Wildman–Crippen MR) is 139 cm³/mol. The molecule has 8 nitrogen and oxygen atoms in total. The molecule has 1 aliphatic rings. The van der Waals surface area contributed by atoms with Gasteiger partial charge in [-0.25, -0.2) is 0 Å². The molecular formula is C27H28ClN6O2. The molecule has 1 fully saturated rings. The Morgan fingerprint density at radius 2 is 1.92 bits per heavy atom. The van der Waals surface area contributed by atoms with Crippen molar-refractivity contribution >= 4 is 29.4 Å². The highest BCUT2D eigenvalue weighted by Gasteiger charge is 2.53. The molecule has 36 heavy (non-hydrogen) atoms. The summed E-state index contributed by atoms with van der Waals surface area (Å²) in [6.45, 7) is 10.3. The molecule has 9 heteroatoms. The molecule has 1 aliphatic heterocycles. The summed E-state index contributed by atoms with van der Waals surface area (Å²) in [6.07, 6.45) is 5.35. The number of amides is 2. The fraction of sp³-hybridized carbons (Fsp3) is 0.259. The summed E-state index contributed by atoms with van der Waals surface area (Å²) in [5.41, 5.74) is 7.01. The molecule has 1 aromatic heterocycles. The Morgan fingerprint density at radius 3 is 2.50 bits per heavy atom. The van der Waals surface area contributed by atoms with E-state index in [0.29, 0.717) is 12.0 Å². The summed E-state index contributed by atoms with van der Waals surface area (Å²) in [4.78, 5) is 35.7. The van der Waals surface area contributed by atoms with Gasteiger partial charge in [0.2, 0.25) is 5.91 Å². The van der Waals surface area contributed by atoms with Crippen LogP contribution in [-0.4, -0.2) is 32.6 Å². The van der Waals surface area contributed by atoms with Gasteiger partial charge in [-0.1, -0.05) is 62.7 Å². The molecule has 185 valence electrons. The van der Waals surface area contributed by atoms with Gasteiger partial charge < -0.3 is 11.1 Å². The van der Waals surface area contributed by atoms with Crippen LogP contribution in [0.15, 0.2) is 61.1 Å². The van der Waals surface area contributed by atoms with Crippen molar-refractivity contribution in [2.75, 3.05) is 0 Å². The van der Waals surface area contributed by atoms with E-state index in [9.17, 15) is 9.59 Å². The number of primary amides is 1. The topological polar surface area (TPSA) is 125 Å². The average Bonchev–Trinajstić information content (AvgIpc) is 3.08. The van der Waals surface area contributed by atoms with Gasteiger partial charge >= 0.3 is 0 Å². The van der Waals surface area contributed by atoms with Gasteiger partial charge in [-0.05, 0) is 42.0 Å². The Kier molecular flexibility index (Phi) is 6.58. The summed E-state index contributed by atoms with van der Waals surface area (Å²) in [5, 5.41) is 12.1. The molecular weight excluding hydrogens is 476 g/mol. The van der Waals surface area contributed by atoms with Crippen molar-refractivity contribution in [3.63, 3.8) is 0 Å². The van der Waals surface area contributed by atoms with Gasteiger partial charge in [-0.2, -0.15) is 0 Å². The van der Waals surface area contributed by atoms with Crippen LogP contribution in [0.2, 0.25) is 5.02 Å². The van der Waals surface area contributed by atoms with Gasteiger partial charge in [0, 0.05) is 18.0 Å². The van der Waals surface area contributed by atoms with Crippen LogP contribution < -0.4 is 11.1 Å². The average molecular weight is 504 g/mol. The van der Waals surface area contributed by atoms with E-state index in [-0.39, 0.29) is 27.9 Å². The second-order valence-corrected chi connectivity index (χ2v) is 10.5. The van der Waals surface area contributed by atoms with Crippen molar-refractivity contribution in [1.29, 1.82) is 5.41 Å².